The van der Waals surface area contributed by atoms with Crippen molar-refractivity contribution in [3.05, 3.63) is 69.5 Å². The molecule has 7 heteroatoms. The molecular weight excluding hydrogens is 478 g/mol. The lowest BCUT2D eigenvalue weighted by molar-refractivity contribution is -0.118. The van der Waals surface area contributed by atoms with Gasteiger partial charge in [0.15, 0.2) is 6.61 Å². The van der Waals surface area contributed by atoms with Crippen molar-refractivity contribution < 1.29 is 19.1 Å². The van der Waals surface area contributed by atoms with E-state index in [9.17, 15) is 9.59 Å². The van der Waals surface area contributed by atoms with Crippen molar-refractivity contribution in [2.24, 2.45) is 0 Å². The van der Waals surface area contributed by atoms with Gasteiger partial charge in [0.1, 0.15) is 16.3 Å². The van der Waals surface area contributed by atoms with Gasteiger partial charge in [-0.05, 0) is 48.2 Å². The number of hydrogen-bond donors (Lipinski definition) is 1. The Kier molecular flexibility index (Phi) is 7.87. The monoisotopic (exact) mass is 501 g/mol. The molecule has 0 aliphatic heterocycles. The topological polar surface area (TPSA) is 64.6 Å². The predicted molar refractivity (Wildman–Crippen MR) is 128 cm³/mol. The molecule has 0 saturated heterocycles. The summed E-state index contributed by atoms with van der Waals surface area (Å²) < 4.78 is 11.8. The van der Waals surface area contributed by atoms with E-state index in [-0.39, 0.29) is 19.1 Å². The molecule has 0 fully saturated rings. The molecule has 1 amide bonds. The number of ether oxygens (including phenoxy) is 2. The van der Waals surface area contributed by atoms with Crippen LogP contribution in [0, 0.1) is 0 Å². The Labute approximate surface area is 194 Å². The minimum Gasteiger partial charge on any atom is -0.484 e. The SMILES string of the molecule is CCOC(=O)c1c(-c2ccc(Br)cc2)csc1NC(=O)COc1ccc(C(C)C)cc1. The average Bonchev–Trinajstić information content (AvgIpc) is 3.16. The Morgan fingerprint density at radius 2 is 1.74 bits per heavy atom. The van der Waals surface area contributed by atoms with Crippen LogP contribution in [0.25, 0.3) is 11.1 Å². The lowest BCUT2D eigenvalue weighted by Crippen LogP contribution is -2.21. The highest BCUT2D eigenvalue weighted by molar-refractivity contribution is 9.10. The zero-order chi connectivity index (χ0) is 22.4. The van der Waals surface area contributed by atoms with E-state index in [1.807, 2.05) is 53.9 Å². The molecule has 2 aromatic carbocycles. The van der Waals surface area contributed by atoms with Crippen molar-refractivity contribution in [2.45, 2.75) is 26.7 Å². The van der Waals surface area contributed by atoms with E-state index >= 15 is 0 Å². The van der Waals surface area contributed by atoms with E-state index in [1.54, 1.807) is 6.92 Å². The average molecular weight is 502 g/mol. The van der Waals surface area contributed by atoms with Gasteiger partial charge in [-0.3, -0.25) is 4.79 Å². The number of halogens is 1. The molecule has 0 aliphatic rings. The normalized spacial score (nSPS) is 10.7. The van der Waals surface area contributed by atoms with Crippen molar-refractivity contribution >= 4 is 44.1 Å². The van der Waals surface area contributed by atoms with Gasteiger partial charge >= 0.3 is 5.97 Å². The zero-order valence-corrected chi connectivity index (χ0v) is 20.0. The third-order valence-electron chi connectivity index (χ3n) is 4.60. The summed E-state index contributed by atoms with van der Waals surface area (Å²) in [6.07, 6.45) is 0. The van der Waals surface area contributed by atoms with Gasteiger partial charge in [-0.1, -0.05) is 54.0 Å². The maximum atomic E-state index is 12.6. The van der Waals surface area contributed by atoms with E-state index in [0.29, 0.717) is 22.2 Å². The lowest BCUT2D eigenvalue weighted by atomic mass is 10.0. The fourth-order valence-electron chi connectivity index (χ4n) is 2.96. The molecule has 162 valence electrons. The molecule has 5 nitrogen and oxygen atoms in total. The van der Waals surface area contributed by atoms with Crippen LogP contribution >= 0.6 is 27.3 Å². The summed E-state index contributed by atoms with van der Waals surface area (Å²) in [5, 5.41) is 5.08. The second-order valence-corrected chi connectivity index (χ2v) is 8.94. The van der Waals surface area contributed by atoms with Crippen LogP contribution < -0.4 is 10.1 Å². The fourth-order valence-corrected chi connectivity index (χ4v) is 4.20. The van der Waals surface area contributed by atoms with Gasteiger partial charge in [-0.25, -0.2) is 4.79 Å². The summed E-state index contributed by atoms with van der Waals surface area (Å²) >= 11 is 4.70. The summed E-state index contributed by atoms with van der Waals surface area (Å²) in [7, 11) is 0. The van der Waals surface area contributed by atoms with Gasteiger partial charge in [0.05, 0.1) is 6.61 Å². The summed E-state index contributed by atoms with van der Waals surface area (Å²) in [4.78, 5) is 25.1. The maximum absolute atomic E-state index is 12.6. The van der Waals surface area contributed by atoms with E-state index in [1.165, 1.54) is 16.9 Å². The molecule has 0 radical (unpaired) electrons. The van der Waals surface area contributed by atoms with Crippen LogP contribution in [0.15, 0.2) is 58.4 Å². The largest absolute Gasteiger partial charge is 0.484 e. The molecule has 0 unspecified atom stereocenters. The Morgan fingerprint density at radius 1 is 1.06 bits per heavy atom. The third-order valence-corrected chi connectivity index (χ3v) is 6.02. The van der Waals surface area contributed by atoms with Gasteiger partial charge in [-0.15, -0.1) is 11.3 Å². The van der Waals surface area contributed by atoms with E-state index in [4.69, 9.17) is 9.47 Å². The molecule has 0 spiro atoms. The molecule has 3 rings (SSSR count). The molecular formula is C24H24BrNO4S. The third kappa shape index (κ3) is 5.95. The number of hydrogen-bond acceptors (Lipinski definition) is 5. The standard InChI is InChI=1S/C24H24BrNO4S/c1-4-29-24(28)22-20(17-5-9-18(25)10-6-17)14-31-23(22)26-21(27)13-30-19-11-7-16(8-12-19)15(2)3/h5-12,14-15H,4,13H2,1-3H3,(H,26,27). The van der Waals surface area contributed by atoms with Crippen LogP contribution in [0.2, 0.25) is 0 Å². The smallest absolute Gasteiger partial charge is 0.341 e. The molecule has 3 aromatic rings. The van der Waals surface area contributed by atoms with Crippen LogP contribution in [0.1, 0.15) is 42.6 Å². The highest BCUT2D eigenvalue weighted by Crippen LogP contribution is 2.36. The van der Waals surface area contributed by atoms with Crippen molar-refractivity contribution in [1.82, 2.24) is 0 Å². The first kappa shape index (κ1) is 23.0. The highest BCUT2D eigenvalue weighted by atomic mass is 79.9. The fraction of sp³-hybridized carbons (Fsp3) is 0.250. The first-order valence-electron chi connectivity index (χ1n) is 9.96. The second kappa shape index (κ2) is 10.6. The Morgan fingerprint density at radius 3 is 2.35 bits per heavy atom. The number of benzene rings is 2. The Bertz CT molecular complexity index is 1040. The lowest BCUT2D eigenvalue weighted by Gasteiger charge is -2.10. The Balaban J connectivity index is 1.74. The van der Waals surface area contributed by atoms with Crippen LogP contribution in [-0.4, -0.2) is 25.1 Å². The van der Waals surface area contributed by atoms with Gasteiger partial charge in [0.2, 0.25) is 0 Å². The minimum atomic E-state index is -0.470. The van der Waals surface area contributed by atoms with E-state index in [2.05, 4.69) is 35.1 Å². The number of esters is 1. The molecule has 0 saturated carbocycles. The minimum absolute atomic E-state index is 0.158. The number of carbonyl (C=O) groups is 2. The summed E-state index contributed by atoms with van der Waals surface area (Å²) in [6, 6.07) is 15.3. The first-order valence-corrected chi connectivity index (χ1v) is 11.6. The Hall–Kier alpha value is -2.64. The number of nitrogens with one attached hydrogen (secondary N) is 1. The molecule has 1 aromatic heterocycles. The van der Waals surface area contributed by atoms with Crippen LogP contribution in [0.5, 0.6) is 5.75 Å². The summed E-state index contributed by atoms with van der Waals surface area (Å²) in [5.74, 6) is 0.231. The van der Waals surface area contributed by atoms with E-state index in [0.717, 1.165) is 15.6 Å². The predicted octanol–water partition coefficient (Wildman–Crippen LogP) is 6.50. The van der Waals surface area contributed by atoms with Crippen molar-refractivity contribution in [3.8, 4) is 16.9 Å². The highest BCUT2D eigenvalue weighted by Gasteiger charge is 2.23. The van der Waals surface area contributed by atoms with Crippen molar-refractivity contribution in [3.63, 3.8) is 0 Å². The molecule has 1 N–H and O–H groups in total. The quantitative estimate of drug-likeness (QED) is 0.358. The van der Waals surface area contributed by atoms with Crippen LogP contribution in [-0.2, 0) is 9.53 Å². The number of rotatable bonds is 8. The number of carbonyl (C=O) groups excluding carboxylic acids is 2. The molecule has 0 aliphatic carbocycles. The van der Waals surface area contributed by atoms with Crippen LogP contribution in [0.3, 0.4) is 0 Å². The van der Waals surface area contributed by atoms with Crippen LogP contribution in [0.4, 0.5) is 5.00 Å². The first-order chi connectivity index (χ1) is 14.9. The number of thiophene rings is 1. The molecule has 0 atom stereocenters. The molecule has 31 heavy (non-hydrogen) atoms. The second-order valence-electron chi connectivity index (χ2n) is 7.14. The van der Waals surface area contributed by atoms with Gasteiger partial charge in [0, 0.05) is 15.4 Å². The van der Waals surface area contributed by atoms with Crippen molar-refractivity contribution in [2.75, 3.05) is 18.5 Å². The maximum Gasteiger partial charge on any atom is 0.341 e. The van der Waals surface area contributed by atoms with Gasteiger partial charge in [-0.2, -0.15) is 0 Å². The summed E-state index contributed by atoms with van der Waals surface area (Å²) in [6.45, 7) is 6.08. The van der Waals surface area contributed by atoms with E-state index < -0.39 is 5.97 Å². The zero-order valence-electron chi connectivity index (χ0n) is 17.6. The number of anilines is 1. The summed E-state index contributed by atoms with van der Waals surface area (Å²) in [5.41, 5.74) is 3.14. The molecule has 1 heterocycles. The van der Waals surface area contributed by atoms with Gasteiger partial charge in [0.25, 0.3) is 5.91 Å². The number of amides is 1. The van der Waals surface area contributed by atoms with Crippen molar-refractivity contribution in [1.29, 1.82) is 0 Å². The molecule has 0 bridgehead atoms. The van der Waals surface area contributed by atoms with Gasteiger partial charge < -0.3 is 14.8 Å².